The molecule has 1 nitrogen and oxygen atoms in total. The second-order valence-electron chi connectivity index (χ2n) is 9.17. The molecule has 27 heavy (non-hydrogen) atoms. The van der Waals surface area contributed by atoms with Gasteiger partial charge in [-0.15, -0.1) is 0 Å². The standard InChI is InChI=1S/C25H29NS/c1-25(2,3)18-12-14-21-22-15-13-20(27(4,5)6)17-24(22)26(23(21)16-18)19-10-8-7-9-11-19/h7-17H,1-6H3. The third kappa shape index (κ3) is 3.17. The van der Waals surface area contributed by atoms with Crippen LogP contribution in [0.25, 0.3) is 27.5 Å². The van der Waals surface area contributed by atoms with E-state index in [1.54, 1.807) is 0 Å². The smallest absolute Gasteiger partial charge is 0.0551 e. The Balaban J connectivity index is 2.14. The largest absolute Gasteiger partial charge is 0.309 e. The fourth-order valence-electron chi connectivity index (χ4n) is 3.70. The molecule has 0 N–H and O–H groups in total. The predicted octanol–water partition coefficient (Wildman–Crippen LogP) is 7.13. The van der Waals surface area contributed by atoms with Gasteiger partial charge in [-0.2, -0.15) is 0 Å². The maximum absolute atomic E-state index is 2.44. The van der Waals surface area contributed by atoms with E-state index in [1.165, 1.54) is 38.0 Å². The molecule has 2 heteroatoms. The third-order valence-corrected chi connectivity index (χ3v) is 6.99. The minimum Gasteiger partial charge on any atom is -0.309 e. The molecule has 0 unspecified atom stereocenters. The molecule has 1 heterocycles. The van der Waals surface area contributed by atoms with Gasteiger partial charge in [-0.25, -0.2) is 10.0 Å². The van der Waals surface area contributed by atoms with Crippen molar-refractivity contribution in [1.82, 2.24) is 4.57 Å². The molecule has 0 aliphatic heterocycles. The summed E-state index contributed by atoms with van der Waals surface area (Å²) in [7, 11) is -0.775. The highest BCUT2D eigenvalue weighted by atomic mass is 32.3. The van der Waals surface area contributed by atoms with Gasteiger partial charge in [0.1, 0.15) is 0 Å². The minimum absolute atomic E-state index is 0.132. The predicted molar refractivity (Wildman–Crippen MR) is 123 cm³/mol. The number of rotatable bonds is 2. The van der Waals surface area contributed by atoms with E-state index in [4.69, 9.17) is 0 Å². The topological polar surface area (TPSA) is 4.93 Å². The summed E-state index contributed by atoms with van der Waals surface area (Å²) in [5.74, 6) is 0. The van der Waals surface area contributed by atoms with Crippen LogP contribution in [0.4, 0.5) is 0 Å². The lowest BCUT2D eigenvalue weighted by Crippen LogP contribution is -2.10. The molecule has 0 atom stereocenters. The summed E-state index contributed by atoms with van der Waals surface area (Å²) in [6, 6.07) is 24.8. The van der Waals surface area contributed by atoms with Gasteiger partial charge in [-0.3, -0.25) is 0 Å². The molecule has 140 valence electrons. The summed E-state index contributed by atoms with van der Waals surface area (Å²) < 4.78 is 2.44. The van der Waals surface area contributed by atoms with Gasteiger partial charge in [-0.1, -0.05) is 57.2 Å². The van der Waals surface area contributed by atoms with Crippen LogP contribution in [0.2, 0.25) is 0 Å². The zero-order valence-corrected chi connectivity index (χ0v) is 18.0. The Hall–Kier alpha value is -2.19. The van der Waals surface area contributed by atoms with Crippen molar-refractivity contribution in [3.8, 4) is 5.69 Å². The average molecular weight is 376 g/mol. The van der Waals surface area contributed by atoms with Crippen LogP contribution in [0.1, 0.15) is 26.3 Å². The average Bonchev–Trinajstić information content (AvgIpc) is 2.94. The summed E-state index contributed by atoms with van der Waals surface area (Å²) >= 11 is 0. The van der Waals surface area contributed by atoms with E-state index in [2.05, 4.69) is 111 Å². The quantitative estimate of drug-likeness (QED) is 0.351. The van der Waals surface area contributed by atoms with Gasteiger partial charge in [0.25, 0.3) is 0 Å². The first kappa shape index (κ1) is 18.2. The molecule has 0 saturated carbocycles. The van der Waals surface area contributed by atoms with E-state index in [-0.39, 0.29) is 5.41 Å². The van der Waals surface area contributed by atoms with Crippen LogP contribution >= 0.6 is 10.0 Å². The van der Waals surface area contributed by atoms with Crippen LogP contribution in [0, 0.1) is 0 Å². The van der Waals surface area contributed by atoms with Gasteiger partial charge in [0.2, 0.25) is 0 Å². The Morgan fingerprint density at radius 2 is 1.30 bits per heavy atom. The van der Waals surface area contributed by atoms with Gasteiger partial charge in [0, 0.05) is 16.5 Å². The summed E-state index contributed by atoms with van der Waals surface area (Å²) in [5.41, 5.74) is 5.33. The van der Waals surface area contributed by atoms with E-state index in [0.29, 0.717) is 0 Å². The summed E-state index contributed by atoms with van der Waals surface area (Å²) in [6.07, 6.45) is 7.09. The molecule has 0 saturated heterocycles. The van der Waals surface area contributed by atoms with Crippen molar-refractivity contribution in [2.75, 3.05) is 18.8 Å². The Labute approximate surface area is 164 Å². The van der Waals surface area contributed by atoms with Gasteiger partial charge in [-0.05, 0) is 65.0 Å². The molecule has 4 aromatic rings. The molecule has 0 radical (unpaired) electrons. The Bertz CT molecular complexity index is 1050. The van der Waals surface area contributed by atoms with Crippen LogP contribution < -0.4 is 0 Å². The first-order valence-electron chi connectivity index (χ1n) is 9.49. The normalized spacial score (nSPS) is 13.4. The van der Waals surface area contributed by atoms with Crippen molar-refractivity contribution < 1.29 is 0 Å². The van der Waals surface area contributed by atoms with E-state index >= 15 is 0 Å². The molecule has 1 aromatic heterocycles. The number of para-hydroxylation sites is 1. The zero-order valence-electron chi connectivity index (χ0n) is 17.2. The van der Waals surface area contributed by atoms with E-state index in [1.807, 2.05) is 0 Å². The second kappa shape index (κ2) is 6.17. The van der Waals surface area contributed by atoms with Gasteiger partial charge in [0.05, 0.1) is 11.0 Å². The Morgan fingerprint density at radius 1 is 0.704 bits per heavy atom. The SMILES string of the molecule is CC(C)(C)c1ccc2c3ccc(S(C)(C)C)cc3n(-c3ccccc3)c2c1. The van der Waals surface area contributed by atoms with Crippen LogP contribution in [-0.4, -0.2) is 23.3 Å². The minimum atomic E-state index is -0.775. The lowest BCUT2D eigenvalue weighted by atomic mass is 9.86. The number of hydrogen-bond acceptors (Lipinski definition) is 0. The zero-order chi connectivity index (χ0) is 19.4. The summed E-state index contributed by atoms with van der Waals surface area (Å²) in [6.45, 7) is 6.85. The Kier molecular flexibility index (Phi) is 4.16. The molecule has 4 rings (SSSR count). The van der Waals surface area contributed by atoms with Crippen molar-refractivity contribution in [3.05, 3.63) is 72.3 Å². The lowest BCUT2D eigenvalue weighted by Gasteiger charge is -2.26. The maximum atomic E-state index is 2.44. The summed E-state index contributed by atoms with van der Waals surface area (Å²) in [4.78, 5) is 1.45. The van der Waals surface area contributed by atoms with Crippen molar-refractivity contribution in [3.63, 3.8) is 0 Å². The second-order valence-corrected chi connectivity index (χ2v) is 13.3. The molecular weight excluding hydrogens is 346 g/mol. The first-order valence-corrected chi connectivity index (χ1v) is 12.3. The highest BCUT2D eigenvalue weighted by molar-refractivity contribution is 8.32. The van der Waals surface area contributed by atoms with Crippen LogP contribution in [0.3, 0.4) is 0 Å². The monoisotopic (exact) mass is 375 g/mol. The van der Waals surface area contributed by atoms with Crippen LogP contribution in [-0.2, 0) is 5.41 Å². The summed E-state index contributed by atoms with van der Waals surface area (Å²) in [5, 5.41) is 2.67. The van der Waals surface area contributed by atoms with Crippen molar-refractivity contribution in [2.45, 2.75) is 31.1 Å². The van der Waals surface area contributed by atoms with E-state index < -0.39 is 10.0 Å². The highest BCUT2D eigenvalue weighted by Gasteiger charge is 2.19. The number of benzene rings is 3. The van der Waals surface area contributed by atoms with Crippen molar-refractivity contribution >= 4 is 31.8 Å². The molecule has 3 aromatic carbocycles. The van der Waals surface area contributed by atoms with Crippen LogP contribution in [0.5, 0.6) is 0 Å². The first-order chi connectivity index (χ1) is 12.7. The highest BCUT2D eigenvalue weighted by Crippen LogP contribution is 2.47. The Morgan fingerprint density at radius 3 is 1.89 bits per heavy atom. The molecule has 0 spiro atoms. The fraction of sp³-hybridized carbons (Fsp3) is 0.280. The maximum Gasteiger partial charge on any atom is 0.0551 e. The molecule has 0 aliphatic rings. The molecule has 0 aliphatic carbocycles. The van der Waals surface area contributed by atoms with E-state index in [9.17, 15) is 0 Å². The number of hydrogen-bond donors (Lipinski definition) is 0. The van der Waals surface area contributed by atoms with Crippen molar-refractivity contribution in [2.24, 2.45) is 0 Å². The number of aromatic nitrogens is 1. The molecule has 0 bridgehead atoms. The lowest BCUT2D eigenvalue weighted by molar-refractivity contribution is 0.591. The van der Waals surface area contributed by atoms with Gasteiger partial charge in [0.15, 0.2) is 0 Å². The molecule has 0 fully saturated rings. The van der Waals surface area contributed by atoms with Gasteiger partial charge < -0.3 is 4.57 Å². The van der Waals surface area contributed by atoms with Crippen molar-refractivity contribution in [1.29, 1.82) is 0 Å². The third-order valence-electron chi connectivity index (χ3n) is 5.33. The molecular formula is C25H29NS. The van der Waals surface area contributed by atoms with Crippen LogP contribution in [0.15, 0.2) is 71.6 Å². The van der Waals surface area contributed by atoms with Gasteiger partial charge >= 0.3 is 0 Å². The fourth-order valence-corrected chi connectivity index (χ4v) is 4.64. The number of fused-ring (bicyclic) bond motifs is 3. The van der Waals surface area contributed by atoms with E-state index in [0.717, 1.165) is 0 Å². The molecule has 0 amide bonds. The number of nitrogens with zero attached hydrogens (tertiary/aromatic N) is 1.